The maximum absolute atomic E-state index is 12.3. The highest BCUT2D eigenvalue weighted by atomic mass is 16.5. The maximum atomic E-state index is 12.3. The summed E-state index contributed by atoms with van der Waals surface area (Å²) < 4.78 is 5.03. The zero-order chi connectivity index (χ0) is 17.1. The third kappa shape index (κ3) is 2.80. The molecule has 1 amide bonds. The number of nitrogens with two attached hydrogens (primary N) is 1. The molecular formula is C17H18N4O3. The normalized spacial score (nSPS) is 14.1. The summed E-state index contributed by atoms with van der Waals surface area (Å²) in [6, 6.07) is 7.24. The van der Waals surface area contributed by atoms with Crippen LogP contribution in [-0.4, -0.2) is 35.0 Å². The van der Waals surface area contributed by atoms with E-state index in [0.717, 1.165) is 17.7 Å². The Morgan fingerprint density at radius 2 is 2.04 bits per heavy atom. The van der Waals surface area contributed by atoms with E-state index in [4.69, 9.17) is 10.5 Å². The smallest absolute Gasteiger partial charge is 0.323 e. The lowest BCUT2D eigenvalue weighted by atomic mass is 9.94. The molecule has 2 heterocycles. The van der Waals surface area contributed by atoms with Gasteiger partial charge in [0.15, 0.2) is 5.92 Å². The molecule has 7 heteroatoms. The van der Waals surface area contributed by atoms with E-state index in [2.05, 4.69) is 9.97 Å². The van der Waals surface area contributed by atoms with E-state index in [1.807, 2.05) is 17.0 Å². The topological polar surface area (TPSA) is 98.4 Å². The van der Waals surface area contributed by atoms with E-state index in [-0.39, 0.29) is 6.61 Å². The van der Waals surface area contributed by atoms with E-state index in [1.54, 1.807) is 31.5 Å². The standard InChI is InChI=1S/C17H18N4O3/c1-2-24-16(23)13(15(18)22)12-6-3-5-11-7-10-21(14(11)12)17-19-8-4-9-20-17/h3-6,8-9,13H,2,7,10H2,1H3,(H2,18,22). The highest BCUT2D eigenvalue weighted by Crippen LogP contribution is 2.39. The first-order valence-corrected chi connectivity index (χ1v) is 7.75. The number of primary amides is 1. The number of anilines is 2. The van der Waals surface area contributed by atoms with Crippen LogP contribution in [0.15, 0.2) is 36.7 Å². The monoisotopic (exact) mass is 326 g/mol. The number of carbonyl (C=O) groups is 2. The van der Waals surface area contributed by atoms with Gasteiger partial charge in [-0.15, -0.1) is 0 Å². The molecule has 1 atom stereocenters. The van der Waals surface area contributed by atoms with Gasteiger partial charge in [-0.3, -0.25) is 9.59 Å². The van der Waals surface area contributed by atoms with Gasteiger partial charge in [0.2, 0.25) is 11.9 Å². The molecule has 7 nitrogen and oxygen atoms in total. The van der Waals surface area contributed by atoms with E-state index in [1.165, 1.54) is 0 Å². The van der Waals surface area contributed by atoms with Gasteiger partial charge in [0.1, 0.15) is 0 Å². The third-order valence-corrected chi connectivity index (χ3v) is 3.94. The molecule has 0 aliphatic carbocycles. The second kappa shape index (κ2) is 6.66. The minimum atomic E-state index is -1.15. The lowest BCUT2D eigenvalue weighted by Gasteiger charge is -2.22. The first-order chi connectivity index (χ1) is 11.6. The molecule has 2 N–H and O–H groups in total. The van der Waals surface area contributed by atoms with E-state index in [9.17, 15) is 9.59 Å². The minimum Gasteiger partial charge on any atom is -0.465 e. The summed E-state index contributed by atoms with van der Waals surface area (Å²) in [5, 5.41) is 0. The number of hydrogen-bond donors (Lipinski definition) is 1. The molecule has 1 aliphatic heterocycles. The van der Waals surface area contributed by atoms with Crippen molar-refractivity contribution >= 4 is 23.5 Å². The van der Waals surface area contributed by atoms with Crippen LogP contribution in [0.3, 0.4) is 0 Å². The lowest BCUT2D eigenvalue weighted by Crippen LogP contribution is -2.31. The number of aromatic nitrogens is 2. The van der Waals surface area contributed by atoms with Gasteiger partial charge in [-0.1, -0.05) is 18.2 Å². The summed E-state index contributed by atoms with van der Waals surface area (Å²) in [5.41, 5.74) is 7.81. The molecule has 0 fully saturated rings. The molecule has 0 saturated heterocycles. The van der Waals surface area contributed by atoms with Gasteiger partial charge in [-0.2, -0.15) is 0 Å². The largest absolute Gasteiger partial charge is 0.465 e. The Balaban J connectivity index is 2.09. The molecule has 124 valence electrons. The van der Waals surface area contributed by atoms with Gasteiger partial charge in [0.05, 0.1) is 12.3 Å². The van der Waals surface area contributed by atoms with Crippen molar-refractivity contribution in [3.63, 3.8) is 0 Å². The summed E-state index contributed by atoms with van der Waals surface area (Å²) in [7, 11) is 0. The van der Waals surface area contributed by atoms with Crippen LogP contribution in [0.1, 0.15) is 24.0 Å². The average molecular weight is 326 g/mol. The number of fused-ring (bicyclic) bond motifs is 1. The summed E-state index contributed by atoms with van der Waals surface area (Å²) >= 11 is 0. The van der Waals surface area contributed by atoms with Gasteiger partial charge >= 0.3 is 5.97 Å². The third-order valence-electron chi connectivity index (χ3n) is 3.94. The Morgan fingerprint density at radius 1 is 1.29 bits per heavy atom. The number of hydrogen-bond acceptors (Lipinski definition) is 6. The fraction of sp³-hybridized carbons (Fsp3) is 0.294. The van der Waals surface area contributed by atoms with Crippen LogP contribution in [0, 0.1) is 0 Å². The molecule has 1 aliphatic rings. The number of benzene rings is 1. The number of carbonyl (C=O) groups excluding carboxylic acids is 2. The Hall–Kier alpha value is -2.96. The van der Waals surface area contributed by atoms with Crippen LogP contribution >= 0.6 is 0 Å². The first-order valence-electron chi connectivity index (χ1n) is 7.75. The van der Waals surface area contributed by atoms with Gasteiger partial charge in [-0.25, -0.2) is 9.97 Å². The summed E-state index contributed by atoms with van der Waals surface area (Å²) in [4.78, 5) is 34.6. The van der Waals surface area contributed by atoms with Crippen LogP contribution < -0.4 is 10.6 Å². The van der Waals surface area contributed by atoms with Crippen molar-refractivity contribution in [2.45, 2.75) is 19.3 Å². The second-order valence-corrected chi connectivity index (χ2v) is 5.39. The fourth-order valence-corrected chi connectivity index (χ4v) is 2.97. The van der Waals surface area contributed by atoms with Crippen molar-refractivity contribution < 1.29 is 14.3 Å². The zero-order valence-electron chi connectivity index (χ0n) is 13.3. The number of rotatable bonds is 5. The maximum Gasteiger partial charge on any atom is 0.323 e. The predicted molar refractivity (Wildman–Crippen MR) is 87.8 cm³/mol. The van der Waals surface area contributed by atoms with Crippen LogP contribution in [0.5, 0.6) is 0 Å². The number of esters is 1. The van der Waals surface area contributed by atoms with Crippen molar-refractivity contribution in [1.82, 2.24) is 9.97 Å². The molecule has 0 radical (unpaired) electrons. The van der Waals surface area contributed by atoms with E-state index >= 15 is 0 Å². The molecule has 1 aromatic carbocycles. The molecule has 0 spiro atoms. The first kappa shape index (κ1) is 15.9. The fourth-order valence-electron chi connectivity index (χ4n) is 2.97. The zero-order valence-corrected chi connectivity index (χ0v) is 13.3. The van der Waals surface area contributed by atoms with Crippen LogP contribution in [0.4, 0.5) is 11.6 Å². The Morgan fingerprint density at radius 3 is 2.71 bits per heavy atom. The number of ether oxygens (including phenoxy) is 1. The molecule has 1 aromatic heterocycles. The van der Waals surface area contributed by atoms with Crippen molar-refractivity contribution in [2.24, 2.45) is 5.73 Å². The van der Waals surface area contributed by atoms with Crippen molar-refractivity contribution in [2.75, 3.05) is 18.1 Å². The van der Waals surface area contributed by atoms with Gasteiger partial charge in [0, 0.05) is 18.9 Å². The number of nitrogens with zero attached hydrogens (tertiary/aromatic N) is 3. The van der Waals surface area contributed by atoms with Crippen LogP contribution in [0.25, 0.3) is 0 Å². The van der Waals surface area contributed by atoms with Gasteiger partial charge < -0.3 is 15.4 Å². The van der Waals surface area contributed by atoms with Crippen LogP contribution in [0.2, 0.25) is 0 Å². The Kier molecular flexibility index (Phi) is 4.41. The Bertz CT molecular complexity index is 764. The van der Waals surface area contributed by atoms with E-state index < -0.39 is 17.8 Å². The highest BCUT2D eigenvalue weighted by Gasteiger charge is 2.35. The van der Waals surface area contributed by atoms with Gasteiger partial charge in [-0.05, 0) is 30.5 Å². The SMILES string of the molecule is CCOC(=O)C(C(N)=O)c1cccc2c1N(c1ncccn1)CC2. The quantitative estimate of drug-likeness (QED) is 0.657. The Labute approximate surface area is 139 Å². The molecular weight excluding hydrogens is 308 g/mol. The minimum absolute atomic E-state index is 0.184. The molecule has 2 aromatic rings. The molecule has 3 rings (SSSR count). The highest BCUT2D eigenvalue weighted by molar-refractivity contribution is 6.04. The molecule has 0 saturated carbocycles. The predicted octanol–water partition coefficient (Wildman–Crippen LogP) is 1.30. The summed E-state index contributed by atoms with van der Waals surface area (Å²) in [5.74, 6) is -2.00. The number of amides is 1. The molecule has 24 heavy (non-hydrogen) atoms. The van der Waals surface area contributed by atoms with Crippen molar-refractivity contribution in [3.05, 3.63) is 47.8 Å². The van der Waals surface area contributed by atoms with E-state index in [0.29, 0.717) is 18.1 Å². The molecule has 1 unspecified atom stereocenters. The average Bonchev–Trinajstić information content (AvgIpc) is 3.01. The summed E-state index contributed by atoms with van der Waals surface area (Å²) in [6.07, 6.45) is 4.08. The van der Waals surface area contributed by atoms with Crippen LogP contribution in [-0.2, 0) is 20.7 Å². The second-order valence-electron chi connectivity index (χ2n) is 5.39. The van der Waals surface area contributed by atoms with Crippen molar-refractivity contribution in [1.29, 1.82) is 0 Å². The van der Waals surface area contributed by atoms with Gasteiger partial charge in [0.25, 0.3) is 0 Å². The number of para-hydroxylation sites is 1. The molecule has 0 bridgehead atoms. The lowest BCUT2D eigenvalue weighted by molar-refractivity contribution is -0.147. The summed E-state index contributed by atoms with van der Waals surface area (Å²) in [6.45, 7) is 2.54. The van der Waals surface area contributed by atoms with Crippen molar-refractivity contribution in [3.8, 4) is 0 Å².